The summed E-state index contributed by atoms with van der Waals surface area (Å²) in [7, 11) is 1.58. The van der Waals surface area contributed by atoms with E-state index in [0.29, 0.717) is 43.5 Å². The van der Waals surface area contributed by atoms with E-state index in [0.717, 1.165) is 24.2 Å². The summed E-state index contributed by atoms with van der Waals surface area (Å²) in [4.78, 5) is 37.8. The van der Waals surface area contributed by atoms with Crippen LogP contribution in [0.5, 0.6) is 5.75 Å². The van der Waals surface area contributed by atoms with Gasteiger partial charge in [0.05, 0.1) is 7.11 Å². The topological polar surface area (TPSA) is 75.7 Å². The molecule has 0 aliphatic carbocycles. The number of ether oxygens (including phenoxy) is 1. The maximum absolute atomic E-state index is 12.2. The first-order chi connectivity index (χ1) is 14.1. The number of Topliss-reactive ketones (excluding diaryl/α,β-unsaturated/α-hetero) is 1. The molecule has 1 aliphatic rings. The Morgan fingerprint density at radius 2 is 1.76 bits per heavy atom. The summed E-state index contributed by atoms with van der Waals surface area (Å²) in [6.45, 7) is 1.20. The minimum atomic E-state index is -0.0775. The molecule has 0 bridgehead atoms. The van der Waals surface area contributed by atoms with Gasteiger partial charge in [-0.2, -0.15) is 0 Å². The van der Waals surface area contributed by atoms with Gasteiger partial charge in [0.25, 0.3) is 0 Å². The van der Waals surface area contributed by atoms with Gasteiger partial charge in [-0.1, -0.05) is 12.1 Å². The summed E-state index contributed by atoms with van der Waals surface area (Å²) >= 11 is 0. The number of hydrogen-bond donors (Lipinski definition) is 1. The van der Waals surface area contributed by atoms with Crippen molar-refractivity contribution in [3.63, 3.8) is 0 Å². The van der Waals surface area contributed by atoms with E-state index < -0.39 is 0 Å². The predicted molar refractivity (Wildman–Crippen MR) is 111 cm³/mol. The summed E-state index contributed by atoms with van der Waals surface area (Å²) in [6.07, 6.45) is 2.66. The van der Waals surface area contributed by atoms with E-state index in [1.54, 1.807) is 36.3 Å². The molecule has 1 saturated heterocycles. The minimum absolute atomic E-state index is 0.0208. The molecule has 3 rings (SSSR count). The molecule has 1 aliphatic heterocycles. The van der Waals surface area contributed by atoms with Crippen molar-refractivity contribution in [3.8, 4) is 5.75 Å². The van der Waals surface area contributed by atoms with Crippen molar-refractivity contribution in [3.05, 3.63) is 59.7 Å². The Balaban J connectivity index is 1.38. The number of hydrogen-bond acceptors (Lipinski definition) is 4. The molecule has 0 atom stereocenters. The first-order valence-electron chi connectivity index (χ1n) is 9.90. The number of nitrogens with one attached hydrogen (secondary N) is 1. The fourth-order valence-corrected chi connectivity index (χ4v) is 3.33. The molecule has 1 fully saturated rings. The third-order valence-electron chi connectivity index (χ3n) is 5.03. The zero-order chi connectivity index (χ0) is 20.6. The summed E-state index contributed by atoms with van der Waals surface area (Å²) in [5.41, 5.74) is 2.51. The van der Waals surface area contributed by atoms with E-state index in [1.165, 1.54) is 0 Å². The lowest BCUT2D eigenvalue weighted by atomic mass is 10.1. The van der Waals surface area contributed by atoms with E-state index in [2.05, 4.69) is 5.32 Å². The minimum Gasteiger partial charge on any atom is -0.497 e. The zero-order valence-electron chi connectivity index (χ0n) is 16.6. The lowest BCUT2D eigenvalue weighted by molar-refractivity contribution is -0.121. The van der Waals surface area contributed by atoms with Gasteiger partial charge in [-0.15, -0.1) is 0 Å². The number of ketones is 1. The van der Waals surface area contributed by atoms with Crippen molar-refractivity contribution in [1.29, 1.82) is 0 Å². The van der Waals surface area contributed by atoms with Crippen LogP contribution in [0.1, 0.15) is 48.0 Å². The summed E-state index contributed by atoms with van der Waals surface area (Å²) in [5.74, 6) is 0.815. The fourth-order valence-electron chi connectivity index (χ4n) is 3.33. The molecule has 0 spiro atoms. The number of amides is 2. The number of nitrogens with zero attached hydrogens (tertiary/aromatic N) is 1. The van der Waals surface area contributed by atoms with E-state index in [4.69, 9.17) is 4.74 Å². The first-order valence-corrected chi connectivity index (χ1v) is 9.90. The maximum atomic E-state index is 12.2. The molecular weight excluding hydrogens is 368 g/mol. The smallest absolute Gasteiger partial charge is 0.227 e. The van der Waals surface area contributed by atoms with Gasteiger partial charge in [-0.3, -0.25) is 14.4 Å². The highest BCUT2D eigenvalue weighted by atomic mass is 16.5. The normalized spacial score (nSPS) is 13.4. The van der Waals surface area contributed by atoms with Gasteiger partial charge >= 0.3 is 0 Å². The largest absolute Gasteiger partial charge is 0.497 e. The van der Waals surface area contributed by atoms with Crippen LogP contribution in [0.2, 0.25) is 0 Å². The standard InChI is InChI=1S/C23H26N2O4/c1-29-20-13-9-18(10-14-20)21(26)4-2-5-22(27)24-16-17-7-11-19(12-8-17)25-15-3-6-23(25)28/h7-14H,2-6,15-16H2,1H3,(H,24,27). The SMILES string of the molecule is COc1ccc(C(=O)CCCC(=O)NCc2ccc(N3CCCC3=O)cc2)cc1. The van der Waals surface area contributed by atoms with Crippen molar-refractivity contribution in [1.82, 2.24) is 5.32 Å². The number of methoxy groups -OCH3 is 1. The number of anilines is 1. The van der Waals surface area contributed by atoms with Crippen LogP contribution in [-0.2, 0) is 16.1 Å². The Hall–Kier alpha value is -3.15. The van der Waals surface area contributed by atoms with Crippen LogP contribution in [-0.4, -0.2) is 31.3 Å². The molecule has 152 valence electrons. The molecule has 1 heterocycles. The monoisotopic (exact) mass is 394 g/mol. The lowest BCUT2D eigenvalue weighted by Crippen LogP contribution is -2.24. The van der Waals surface area contributed by atoms with Crippen LogP contribution in [0.3, 0.4) is 0 Å². The average molecular weight is 394 g/mol. The number of carbonyl (C=O) groups excluding carboxylic acids is 3. The molecule has 1 N–H and O–H groups in total. The second-order valence-corrected chi connectivity index (χ2v) is 7.10. The van der Waals surface area contributed by atoms with E-state index in [9.17, 15) is 14.4 Å². The highest BCUT2D eigenvalue weighted by Crippen LogP contribution is 2.21. The lowest BCUT2D eigenvalue weighted by Gasteiger charge is -2.16. The average Bonchev–Trinajstić information content (AvgIpc) is 3.18. The van der Waals surface area contributed by atoms with Gasteiger partial charge in [0.2, 0.25) is 11.8 Å². The second-order valence-electron chi connectivity index (χ2n) is 7.10. The molecule has 0 saturated carbocycles. The molecule has 6 nitrogen and oxygen atoms in total. The number of benzene rings is 2. The van der Waals surface area contributed by atoms with Gasteiger partial charge in [0, 0.05) is 43.6 Å². The fraction of sp³-hybridized carbons (Fsp3) is 0.348. The molecule has 2 aromatic rings. The van der Waals surface area contributed by atoms with E-state index >= 15 is 0 Å². The van der Waals surface area contributed by atoms with Crippen molar-refractivity contribution >= 4 is 23.3 Å². The van der Waals surface area contributed by atoms with Crippen molar-refractivity contribution < 1.29 is 19.1 Å². The third-order valence-corrected chi connectivity index (χ3v) is 5.03. The quantitative estimate of drug-likeness (QED) is 0.661. The Labute approximate surface area is 170 Å². The van der Waals surface area contributed by atoms with Gasteiger partial charge in [0.1, 0.15) is 5.75 Å². The Kier molecular flexibility index (Phi) is 7.00. The summed E-state index contributed by atoms with van der Waals surface area (Å²) < 4.78 is 5.08. The number of carbonyl (C=O) groups is 3. The van der Waals surface area contributed by atoms with Gasteiger partial charge in [-0.25, -0.2) is 0 Å². The van der Waals surface area contributed by atoms with Gasteiger partial charge in [-0.05, 0) is 54.8 Å². The molecule has 0 radical (unpaired) electrons. The third kappa shape index (κ3) is 5.67. The van der Waals surface area contributed by atoms with Crippen LogP contribution >= 0.6 is 0 Å². The second kappa shape index (κ2) is 9.87. The van der Waals surface area contributed by atoms with Crippen molar-refractivity contribution in [2.24, 2.45) is 0 Å². The summed E-state index contributed by atoms with van der Waals surface area (Å²) in [6, 6.07) is 14.7. The first kappa shape index (κ1) is 20.6. The molecule has 29 heavy (non-hydrogen) atoms. The molecule has 6 heteroatoms. The molecule has 0 unspecified atom stereocenters. The maximum Gasteiger partial charge on any atom is 0.227 e. The molecule has 2 amide bonds. The van der Waals surface area contributed by atoms with Crippen LogP contribution in [0.25, 0.3) is 0 Å². The van der Waals surface area contributed by atoms with Crippen LogP contribution < -0.4 is 15.0 Å². The molecular formula is C23H26N2O4. The Bertz CT molecular complexity index is 859. The van der Waals surface area contributed by atoms with Gasteiger partial charge < -0.3 is 15.0 Å². The van der Waals surface area contributed by atoms with Crippen molar-refractivity contribution in [2.45, 2.75) is 38.6 Å². The van der Waals surface area contributed by atoms with Crippen LogP contribution in [0.4, 0.5) is 5.69 Å². The zero-order valence-corrected chi connectivity index (χ0v) is 16.6. The van der Waals surface area contributed by atoms with Crippen molar-refractivity contribution in [2.75, 3.05) is 18.6 Å². The van der Waals surface area contributed by atoms with Crippen LogP contribution in [0.15, 0.2) is 48.5 Å². The number of rotatable bonds is 9. The highest BCUT2D eigenvalue weighted by Gasteiger charge is 2.21. The van der Waals surface area contributed by atoms with E-state index in [-0.39, 0.29) is 17.6 Å². The predicted octanol–water partition coefficient (Wildman–Crippen LogP) is 3.49. The highest BCUT2D eigenvalue weighted by molar-refractivity contribution is 5.96. The molecule has 2 aromatic carbocycles. The summed E-state index contributed by atoms with van der Waals surface area (Å²) in [5, 5.41) is 2.88. The Morgan fingerprint density at radius 3 is 2.38 bits per heavy atom. The van der Waals surface area contributed by atoms with Gasteiger partial charge in [0.15, 0.2) is 5.78 Å². The molecule has 0 aromatic heterocycles. The Morgan fingerprint density at radius 1 is 1.03 bits per heavy atom. The van der Waals surface area contributed by atoms with E-state index in [1.807, 2.05) is 24.3 Å². The van der Waals surface area contributed by atoms with Crippen LogP contribution in [0, 0.1) is 0 Å².